The molecule has 5 nitrogen and oxygen atoms in total. The van der Waals surface area contributed by atoms with Crippen LogP contribution in [0.4, 0.5) is 10.1 Å². The van der Waals surface area contributed by atoms with Crippen molar-refractivity contribution >= 4 is 17.6 Å². The predicted molar refractivity (Wildman–Crippen MR) is 95.1 cm³/mol. The van der Waals surface area contributed by atoms with Crippen LogP contribution in [0.15, 0.2) is 29.4 Å². The van der Waals surface area contributed by atoms with Crippen molar-refractivity contribution < 1.29 is 4.39 Å². The molecule has 0 aromatic heterocycles. The zero-order chi connectivity index (χ0) is 17.6. The molecule has 128 valence electrons. The van der Waals surface area contributed by atoms with E-state index in [9.17, 15) is 4.39 Å². The molecule has 24 heavy (non-hydrogen) atoms. The molecule has 0 amide bonds. The number of likely N-dealkylation sites (tertiary alicyclic amines) is 1. The maximum Gasteiger partial charge on any atom is 0.119 e. The first-order valence-electron chi connectivity index (χ1n) is 8.10. The zero-order valence-corrected chi connectivity index (χ0v) is 14.2. The van der Waals surface area contributed by atoms with Gasteiger partial charge in [0.1, 0.15) is 6.17 Å². The zero-order valence-electron chi connectivity index (χ0n) is 14.2. The van der Waals surface area contributed by atoms with Gasteiger partial charge in [0.15, 0.2) is 0 Å². The van der Waals surface area contributed by atoms with Gasteiger partial charge in [-0.15, -0.1) is 0 Å². The lowest BCUT2D eigenvalue weighted by molar-refractivity contribution is 0.0186. The van der Waals surface area contributed by atoms with E-state index >= 15 is 0 Å². The van der Waals surface area contributed by atoms with Crippen molar-refractivity contribution in [2.45, 2.75) is 39.4 Å². The molecule has 0 aliphatic carbocycles. The van der Waals surface area contributed by atoms with Crippen molar-refractivity contribution in [1.29, 1.82) is 10.7 Å². The average molecular weight is 329 g/mol. The van der Waals surface area contributed by atoms with E-state index in [0.717, 1.165) is 17.8 Å². The number of nitrogens with one attached hydrogen (secondary N) is 2. The number of anilines is 1. The highest BCUT2D eigenvalue weighted by Crippen LogP contribution is 2.36. The Balaban J connectivity index is 1.91. The van der Waals surface area contributed by atoms with E-state index in [1.807, 2.05) is 31.2 Å². The summed E-state index contributed by atoms with van der Waals surface area (Å²) in [5, 5.41) is 20.0. The summed E-state index contributed by atoms with van der Waals surface area (Å²) in [7, 11) is 0. The first kappa shape index (κ1) is 18.1. The van der Waals surface area contributed by atoms with E-state index in [2.05, 4.69) is 21.5 Å². The van der Waals surface area contributed by atoms with Gasteiger partial charge in [0.05, 0.1) is 17.5 Å². The lowest BCUT2D eigenvalue weighted by Gasteiger charge is -2.41. The summed E-state index contributed by atoms with van der Waals surface area (Å²) in [6.07, 6.45) is 1.20. The molecule has 2 atom stereocenters. The molecular weight excluding hydrogens is 305 g/mol. The molecule has 0 radical (unpaired) electrons. The van der Waals surface area contributed by atoms with Crippen molar-refractivity contribution in [2.75, 3.05) is 18.5 Å². The van der Waals surface area contributed by atoms with Gasteiger partial charge in [-0.2, -0.15) is 10.4 Å². The minimum absolute atomic E-state index is 0.276. The van der Waals surface area contributed by atoms with Crippen LogP contribution < -0.4 is 5.43 Å². The van der Waals surface area contributed by atoms with Gasteiger partial charge in [-0.3, -0.25) is 10.3 Å². The highest BCUT2D eigenvalue weighted by Gasteiger charge is 2.39. The van der Waals surface area contributed by atoms with Crippen LogP contribution in [0, 0.1) is 22.2 Å². The normalized spacial score (nSPS) is 25.1. The number of benzene rings is 1. The molecule has 1 aliphatic rings. The van der Waals surface area contributed by atoms with Crippen LogP contribution in [0.1, 0.15) is 32.3 Å². The van der Waals surface area contributed by atoms with E-state index in [-0.39, 0.29) is 6.42 Å². The Bertz CT molecular complexity index is 634. The van der Waals surface area contributed by atoms with Crippen LogP contribution in [-0.2, 0) is 6.54 Å². The number of nitrogens with zero attached hydrogens (tertiary/aromatic N) is 3. The van der Waals surface area contributed by atoms with Crippen LogP contribution in [0.5, 0.6) is 0 Å². The summed E-state index contributed by atoms with van der Waals surface area (Å²) < 4.78 is 14.4. The summed E-state index contributed by atoms with van der Waals surface area (Å²) in [6, 6.07) is 9.95. The largest absolute Gasteiger partial charge is 0.307 e. The Hall–Kier alpha value is -2.26. The van der Waals surface area contributed by atoms with Gasteiger partial charge in [0.25, 0.3) is 0 Å². The van der Waals surface area contributed by atoms with Crippen LogP contribution >= 0.6 is 0 Å². The second-order valence-corrected chi connectivity index (χ2v) is 6.65. The second kappa shape index (κ2) is 8.02. The van der Waals surface area contributed by atoms with Crippen molar-refractivity contribution in [3.05, 3.63) is 29.8 Å². The lowest BCUT2D eigenvalue weighted by atomic mass is 9.76. The van der Waals surface area contributed by atoms with Gasteiger partial charge in [0, 0.05) is 31.1 Å². The second-order valence-electron chi connectivity index (χ2n) is 6.65. The lowest BCUT2D eigenvalue weighted by Crippen LogP contribution is -2.47. The minimum atomic E-state index is -0.967. The molecule has 0 saturated carbocycles. The van der Waals surface area contributed by atoms with Gasteiger partial charge in [-0.05, 0) is 37.6 Å². The first-order valence-corrected chi connectivity index (χ1v) is 8.10. The summed E-state index contributed by atoms with van der Waals surface area (Å²) >= 11 is 0. The number of alkyl halides is 1. The minimum Gasteiger partial charge on any atom is -0.307 e. The van der Waals surface area contributed by atoms with E-state index in [0.29, 0.717) is 25.2 Å². The van der Waals surface area contributed by atoms with Gasteiger partial charge >= 0.3 is 0 Å². The van der Waals surface area contributed by atoms with Gasteiger partial charge in [-0.25, -0.2) is 4.39 Å². The van der Waals surface area contributed by atoms with Gasteiger partial charge < -0.3 is 5.41 Å². The smallest absolute Gasteiger partial charge is 0.119 e. The summed E-state index contributed by atoms with van der Waals surface area (Å²) in [5.41, 5.74) is 4.94. The molecule has 1 heterocycles. The standard InChI is InChI=1S/C18H24FN5/c1-14(11-21)22-23-16-5-3-15(4-6-16)12-24-10-8-18(2,7-9-20)17(19)13-24/h3-6,11,17,21,23H,7-8,10,12-13H2,1-2H3/b21-11?,22-14-. The van der Waals surface area contributed by atoms with Crippen LogP contribution in [0.25, 0.3) is 0 Å². The molecule has 1 aliphatic heterocycles. The van der Waals surface area contributed by atoms with E-state index < -0.39 is 11.6 Å². The molecule has 2 rings (SSSR count). The molecule has 0 spiro atoms. The fourth-order valence-electron chi connectivity index (χ4n) is 2.76. The van der Waals surface area contributed by atoms with E-state index in [1.54, 1.807) is 6.92 Å². The van der Waals surface area contributed by atoms with Crippen molar-refractivity contribution in [1.82, 2.24) is 4.90 Å². The Labute approximate surface area is 142 Å². The van der Waals surface area contributed by atoms with Crippen LogP contribution in [0.2, 0.25) is 0 Å². The number of rotatable bonds is 6. The van der Waals surface area contributed by atoms with Crippen molar-refractivity contribution in [3.8, 4) is 6.07 Å². The summed E-state index contributed by atoms with van der Waals surface area (Å²) in [5.74, 6) is 0. The maximum absolute atomic E-state index is 14.4. The van der Waals surface area contributed by atoms with Crippen LogP contribution in [-0.4, -0.2) is 36.1 Å². The topological polar surface area (TPSA) is 75.3 Å². The van der Waals surface area contributed by atoms with Crippen molar-refractivity contribution in [2.24, 2.45) is 10.5 Å². The average Bonchev–Trinajstić information content (AvgIpc) is 2.58. The molecule has 1 fully saturated rings. The Morgan fingerprint density at radius 3 is 2.83 bits per heavy atom. The monoisotopic (exact) mass is 329 g/mol. The molecule has 0 bridgehead atoms. The van der Waals surface area contributed by atoms with Gasteiger partial charge in [0.2, 0.25) is 0 Å². The summed E-state index contributed by atoms with van der Waals surface area (Å²) in [6.45, 7) is 5.50. The Morgan fingerprint density at radius 2 is 2.25 bits per heavy atom. The number of nitriles is 1. The van der Waals surface area contributed by atoms with E-state index in [4.69, 9.17) is 10.7 Å². The highest BCUT2D eigenvalue weighted by molar-refractivity contribution is 6.28. The third-order valence-corrected chi connectivity index (χ3v) is 4.59. The summed E-state index contributed by atoms with van der Waals surface area (Å²) in [4.78, 5) is 2.10. The fraction of sp³-hybridized carbons (Fsp3) is 0.500. The SMILES string of the molecule is C/C(C=N)=N/Nc1ccc(CN2CCC(C)(CC#N)C(F)C2)cc1. The molecule has 2 unspecified atom stereocenters. The maximum atomic E-state index is 14.4. The number of hydrogen-bond donors (Lipinski definition) is 2. The van der Waals surface area contributed by atoms with Crippen molar-refractivity contribution in [3.63, 3.8) is 0 Å². The Morgan fingerprint density at radius 1 is 1.54 bits per heavy atom. The number of piperidine rings is 1. The number of hydrazone groups is 1. The molecule has 1 aromatic rings. The third kappa shape index (κ3) is 4.62. The third-order valence-electron chi connectivity index (χ3n) is 4.59. The fourth-order valence-corrected chi connectivity index (χ4v) is 2.76. The highest BCUT2D eigenvalue weighted by atomic mass is 19.1. The quantitative estimate of drug-likeness (QED) is 0.618. The molecule has 1 aromatic carbocycles. The number of hydrogen-bond acceptors (Lipinski definition) is 5. The molecular formula is C18H24FN5. The Kier molecular flexibility index (Phi) is 6.04. The molecule has 2 N–H and O–H groups in total. The van der Waals surface area contributed by atoms with E-state index in [1.165, 1.54) is 6.21 Å². The van der Waals surface area contributed by atoms with Gasteiger partial charge in [-0.1, -0.05) is 19.1 Å². The van der Waals surface area contributed by atoms with Crippen LogP contribution in [0.3, 0.4) is 0 Å². The number of halogens is 1. The predicted octanol–water partition coefficient (Wildman–Crippen LogP) is 3.59. The first-order chi connectivity index (χ1) is 11.5. The molecule has 6 heteroatoms. The molecule has 1 saturated heterocycles.